The third kappa shape index (κ3) is 5.38. The predicted molar refractivity (Wildman–Crippen MR) is 69.5 cm³/mol. The zero-order valence-corrected chi connectivity index (χ0v) is 10.9. The summed E-state index contributed by atoms with van der Waals surface area (Å²) in [6.45, 7) is 7.55. The molecule has 16 heavy (non-hydrogen) atoms. The lowest BCUT2D eigenvalue weighted by Crippen LogP contribution is -2.32. The van der Waals surface area contributed by atoms with Crippen molar-refractivity contribution in [3.05, 3.63) is 29.8 Å². The number of aryl methyl sites for hydroxylation is 1. The number of benzene rings is 1. The van der Waals surface area contributed by atoms with Crippen LogP contribution in [-0.2, 0) is 0 Å². The molecule has 0 aliphatic heterocycles. The largest absolute Gasteiger partial charge is 0.492 e. The van der Waals surface area contributed by atoms with Gasteiger partial charge in [-0.15, -0.1) is 11.6 Å². The van der Waals surface area contributed by atoms with E-state index in [4.69, 9.17) is 16.3 Å². The molecular weight excluding hydrogens is 222 g/mol. The maximum Gasteiger partial charge on any atom is 0.119 e. The number of nitrogens with one attached hydrogen (secondary N) is 1. The molecule has 0 saturated heterocycles. The van der Waals surface area contributed by atoms with Gasteiger partial charge in [0, 0.05) is 12.6 Å². The average molecular weight is 242 g/mol. The van der Waals surface area contributed by atoms with Crippen molar-refractivity contribution >= 4 is 11.6 Å². The van der Waals surface area contributed by atoms with Crippen molar-refractivity contribution in [3.8, 4) is 5.75 Å². The Morgan fingerprint density at radius 2 is 2.12 bits per heavy atom. The van der Waals surface area contributed by atoms with E-state index in [1.165, 1.54) is 5.56 Å². The topological polar surface area (TPSA) is 21.3 Å². The second kappa shape index (κ2) is 6.77. The Kier molecular flexibility index (Phi) is 5.64. The van der Waals surface area contributed by atoms with Gasteiger partial charge in [0.25, 0.3) is 0 Å². The second-order valence-electron chi connectivity index (χ2n) is 4.29. The van der Waals surface area contributed by atoms with Crippen molar-refractivity contribution in [2.45, 2.75) is 32.2 Å². The van der Waals surface area contributed by atoms with Crippen LogP contribution in [0.5, 0.6) is 5.75 Å². The Balaban J connectivity index is 2.28. The first-order valence-electron chi connectivity index (χ1n) is 5.65. The molecule has 0 aromatic heterocycles. The molecule has 0 unspecified atom stereocenters. The van der Waals surface area contributed by atoms with Crippen LogP contribution in [0.25, 0.3) is 0 Å². The monoisotopic (exact) mass is 241 g/mol. The fourth-order valence-electron chi connectivity index (χ4n) is 1.31. The van der Waals surface area contributed by atoms with E-state index >= 15 is 0 Å². The van der Waals surface area contributed by atoms with Crippen LogP contribution in [0.3, 0.4) is 0 Å². The van der Waals surface area contributed by atoms with Crippen LogP contribution in [0.1, 0.15) is 19.4 Å². The normalized spacial score (nSPS) is 12.8. The highest BCUT2D eigenvalue weighted by Crippen LogP contribution is 2.13. The Bertz CT molecular complexity index is 315. The minimum atomic E-state index is 0.00270. The van der Waals surface area contributed by atoms with Crippen molar-refractivity contribution in [1.82, 2.24) is 5.32 Å². The van der Waals surface area contributed by atoms with E-state index < -0.39 is 0 Å². The smallest absolute Gasteiger partial charge is 0.119 e. The number of halogens is 1. The zero-order chi connectivity index (χ0) is 12.0. The van der Waals surface area contributed by atoms with E-state index in [1.54, 1.807) is 0 Å². The van der Waals surface area contributed by atoms with E-state index in [-0.39, 0.29) is 5.38 Å². The van der Waals surface area contributed by atoms with Crippen LogP contribution < -0.4 is 10.1 Å². The van der Waals surface area contributed by atoms with E-state index in [1.807, 2.05) is 31.2 Å². The summed E-state index contributed by atoms with van der Waals surface area (Å²) in [5.74, 6) is 0.884. The lowest BCUT2D eigenvalue weighted by Gasteiger charge is -2.14. The van der Waals surface area contributed by atoms with Crippen LogP contribution >= 0.6 is 11.6 Å². The third-order valence-electron chi connectivity index (χ3n) is 2.17. The molecule has 0 saturated carbocycles. The minimum Gasteiger partial charge on any atom is -0.492 e. The Hall–Kier alpha value is -0.730. The molecule has 1 aromatic rings. The fraction of sp³-hybridized carbons (Fsp3) is 0.538. The summed E-state index contributed by atoms with van der Waals surface area (Å²) in [4.78, 5) is 0. The van der Waals surface area contributed by atoms with Gasteiger partial charge in [0.1, 0.15) is 12.4 Å². The molecule has 0 bridgehead atoms. The van der Waals surface area contributed by atoms with Crippen molar-refractivity contribution in [1.29, 1.82) is 0 Å². The van der Waals surface area contributed by atoms with Gasteiger partial charge in [0.15, 0.2) is 0 Å². The van der Waals surface area contributed by atoms with E-state index in [9.17, 15) is 0 Å². The van der Waals surface area contributed by atoms with E-state index in [2.05, 4.69) is 19.2 Å². The third-order valence-corrected chi connectivity index (χ3v) is 2.45. The maximum atomic E-state index is 6.13. The van der Waals surface area contributed by atoms with Crippen molar-refractivity contribution in [2.75, 3.05) is 13.2 Å². The van der Waals surface area contributed by atoms with Crippen LogP contribution in [0, 0.1) is 6.92 Å². The van der Waals surface area contributed by atoms with Gasteiger partial charge in [-0.05, 0) is 24.6 Å². The number of alkyl halides is 1. The quantitative estimate of drug-likeness (QED) is 0.774. The first-order chi connectivity index (χ1) is 7.58. The highest BCUT2D eigenvalue weighted by Gasteiger charge is 2.06. The van der Waals surface area contributed by atoms with Gasteiger partial charge in [-0.25, -0.2) is 0 Å². The summed E-state index contributed by atoms with van der Waals surface area (Å²) in [7, 11) is 0. The molecule has 2 nitrogen and oxygen atoms in total. The lowest BCUT2D eigenvalue weighted by molar-refractivity contribution is 0.309. The minimum absolute atomic E-state index is 0.00270. The molecule has 0 heterocycles. The molecule has 90 valence electrons. The molecule has 1 atom stereocenters. The zero-order valence-electron chi connectivity index (χ0n) is 10.2. The van der Waals surface area contributed by atoms with Gasteiger partial charge in [-0.2, -0.15) is 0 Å². The van der Waals surface area contributed by atoms with E-state index in [0.29, 0.717) is 12.6 Å². The SMILES string of the molecule is Cc1cccc(OC[C@@H](Cl)CNC(C)C)c1. The van der Waals surface area contributed by atoms with Gasteiger partial charge in [0.2, 0.25) is 0 Å². The summed E-state index contributed by atoms with van der Waals surface area (Å²) in [6.07, 6.45) is 0. The van der Waals surface area contributed by atoms with Gasteiger partial charge in [0.05, 0.1) is 5.38 Å². The highest BCUT2D eigenvalue weighted by atomic mass is 35.5. The fourth-order valence-corrected chi connectivity index (χ4v) is 1.47. The van der Waals surface area contributed by atoms with Crippen LogP contribution in [0.2, 0.25) is 0 Å². The highest BCUT2D eigenvalue weighted by molar-refractivity contribution is 6.20. The molecule has 3 heteroatoms. The van der Waals surface area contributed by atoms with Gasteiger partial charge < -0.3 is 10.1 Å². The first kappa shape index (κ1) is 13.3. The van der Waals surface area contributed by atoms with Crippen LogP contribution in [-0.4, -0.2) is 24.6 Å². The number of hydrogen-bond acceptors (Lipinski definition) is 2. The first-order valence-corrected chi connectivity index (χ1v) is 6.08. The van der Waals surface area contributed by atoms with Crippen molar-refractivity contribution in [2.24, 2.45) is 0 Å². The molecule has 0 spiro atoms. The molecule has 1 aromatic carbocycles. The van der Waals surface area contributed by atoms with Crippen LogP contribution in [0.15, 0.2) is 24.3 Å². The summed E-state index contributed by atoms with van der Waals surface area (Å²) < 4.78 is 5.61. The predicted octanol–water partition coefficient (Wildman–Crippen LogP) is 2.98. The second-order valence-corrected chi connectivity index (χ2v) is 4.90. The van der Waals surface area contributed by atoms with E-state index in [0.717, 1.165) is 12.3 Å². The number of hydrogen-bond donors (Lipinski definition) is 1. The van der Waals surface area contributed by atoms with Crippen molar-refractivity contribution < 1.29 is 4.74 Å². The maximum absolute atomic E-state index is 6.13. The average Bonchev–Trinajstić information content (AvgIpc) is 2.23. The Morgan fingerprint density at radius 1 is 1.38 bits per heavy atom. The molecule has 1 rings (SSSR count). The Labute approximate surface area is 103 Å². The standard InChI is InChI=1S/C13H20ClNO/c1-10(2)15-8-12(14)9-16-13-6-4-5-11(3)7-13/h4-7,10,12,15H,8-9H2,1-3H3/t12-/m0/s1. The van der Waals surface area contributed by atoms with Gasteiger partial charge in [-0.3, -0.25) is 0 Å². The molecule has 0 aliphatic carbocycles. The molecule has 0 radical (unpaired) electrons. The van der Waals surface area contributed by atoms with Crippen molar-refractivity contribution in [3.63, 3.8) is 0 Å². The molecule has 0 aliphatic rings. The number of rotatable bonds is 6. The number of ether oxygens (including phenoxy) is 1. The molecule has 0 amide bonds. The summed E-state index contributed by atoms with van der Waals surface area (Å²) in [5, 5.41) is 3.28. The molecule has 1 N–H and O–H groups in total. The summed E-state index contributed by atoms with van der Waals surface area (Å²) in [5.41, 5.74) is 1.20. The summed E-state index contributed by atoms with van der Waals surface area (Å²) >= 11 is 6.13. The lowest BCUT2D eigenvalue weighted by atomic mass is 10.2. The molecule has 0 fully saturated rings. The Morgan fingerprint density at radius 3 is 2.75 bits per heavy atom. The van der Waals surface area contributed by atoms with Gasteiger partial charge in [-0.1, -0.05) is 26.0 Å². The van der Waals surface area contributed by atoms with Crippen LogP contribution in [0.4, 0.5) is 0 Å². The van der Waals surface area contributed by atoms with Gasteiger partial charge >= 0.3 is 0 Å². The summed E-state index contributed by atoms with van der Waals surface area (Å²) in [6, 6.07) is 8.46. The molecular formula is C13H20ClNO.